The van der Waals surface area contributed by atoms with Crippen LogP contribution in [0.3, 0.4) is 0 Å². The Morgan fingerprint density at radius 1 is 1.00 bits per heavy atom. The summed E-state index contributed by atoms with van der Waals surface area (Å²) in [6.45, 7) is -0.149. The van der Waals surface area contributed by atoms with Gasteiger partial charge in [-0.15, -0.1) is 19.3 Å². The Hall–Kier alpha value is -2.35. The highest BCUT2D eigenvalue weighted by Gasteiger charge is 2.24. The van der Waals surface area contributed by atoms with Crippen molar-refractivity contribution < 1.29 is 32.6 Å². The molecule has 0 saturated carbocycles. The van der Waals surface area contributed by atoms with Crippen LogP contribution in [0.5, 0.6) is 0 Å². The number of nitrogens with one attached hydrogen (secondary N) is 1. The summed E-state index contributed by atoms with van der Waals surface area (Å²) < 4.78 is 22.3. The lowest BCUT2D eigenvalue weighted by Crippen LogP contribution is -2.46. The minimum absolute atomic E-state index is 0.0289. The molecule has 0 aliphatic heterocycles. The van der Waals surface area contributed by atoms with Gasteiger partial charge < -0.3 is 19.2 Å². The molecule has 0 fully saturated rings. The molecule has 0 aromatic rings. The maximum atomic E-state index is 12.6. The van der Waals surface area contributed by atoms with Crippen LogP contribution < -0.4 is 5.32 Å². The molecule has 10 nitrogen and oxygen atoms in total. The molecule has 1 atom stereocenters. The molecule has 0 bridgehead atoms. The monoisotopic (exact) mass is 455 g/mol. The van der Waals surface area contributed by atoms with Gasteiger partial charge >= 0.3 is 7.82 Å². The number of quaternary nitrogens is 1. The minimum Gasteiger partial charge on any atom is -0.329 e. The average molecular weight is 455 g/mol. The van der Waals surface area contributed by atoms with Crippen LogP contribution in [0.1, 0.15) is 0 Å². The second kappa shape index (κ2) is 14.6. The first-order valence-corrected chi connectivity index (χ1v) is 10.9. The van der Waals surface area contributed by atoms with E-state index in [1.165, 1.54) is 9.80 Å². The van der Waals surface area contributed by atoms with Crippen molar-refractivity contribution in [2.24, 2.45) is 0 Å². The van der Waals surface area contributed by atoms with Gasteiger partial charge in [-0.2, -0.15) is 0 Å². The van der Waals surface area contributed by atoms with Gasteiger partial charge in [0.2, 0.25) is 11.8 Å². The van der Waals surface area contributed by atoms with Gasteiger partial charge in [0.1, 0.15) is 19.7 Å². The van der Waals surface area contributed by atoms with Crippen LogP contribution in [-0.4, -0.2) is 111 Å². The van der Waals surface area contributed by atoms with E-state index >= 15 is 0 Å². The van der Waals surface area contributed by atoms with E-state index in [-0.39, 0.29) is 52.5 Å². The maximum absolute atomic E-state index is 12.6. The van der Waals surface area contributed by atoms with Gasteiger partial charge in [0.25, 0.3) is 0 Å². The molecule has 0 heterocycles. The third-order valence-electron chi connectivity index (χ3n) is 3.73. The third-order valence-corrected chi connectivity index (χ3v) is 4.75. The van der Waals surface area contributed by atoms with Gasteiger partial charge in [-0.05, 0) is 0 Å². The van der Waals surface area contributed by atoms with E-state index in [9.17, 15) is 19.0 Å². The molecule has 2 amide bonds. The summed E-state index contributed by atoms with van der Waals surface area (Å²) in [6, 6.07) is 0. The molecule has 1 unspecified atom stereocenters. The highest BCUT2D eigenvalue weighted by molar-refractivity contribution is 7.47. The number of carbonyl (C=O) groups is 2. The van der Waals surface area contributed by atoms with Crippen molar-refractivity contribution in [1.82, 2.24) is 15.1 Å². The molecule has 0 aromatic carbocycles. The standard InChI is InChI=1S/C20H31N4O6P/c1-7-10-21-17-19(25)23(12-9-3)18-20(26)22(11-8-2)13-15-29-31(27,28)30-16-14-24(4,5)6/h1-3,21H,10-18H2,4-6H3/p+1. The molecule has 31 heavy (non-hydrogen) atoms. The molecule has 11 heteroatoms. The Labute approximate surface area is 185 Å². The highest BCUT2D eigenvalue weighted by atomic mass is 31.2. The summed E-state index contributed by atoms with van der Waals surface area (Å²) in [5.41, 5.74) is 0. The van der Waals surface area contributed by atoms with Crippen molar-refractivity contribution in [2.75, 3.05) is 80.2 Å². The number of hydrogen-bond acceptors (Lipinski definition) is 6. The van der Waals surface area contributed by atoms with E-state index in [0.29, 0.717) is 11.0 Å². The largest absolute Gasteiger partial charge is 0.472 e. The Morgan fingerprint density at radius 2 is 1.58 bits per heavy atom. The third kappa shape index (κ3) is 14.3. The second-order valence-corrected chi connectivity index (χ2v) is 8.88. The zero-order valence-corrected chi connectivity index (χ0v) is 19.3. The molecule has 0 aliphatic rings. The van der Waals surface area contributed by atoms with Gasteiger partial charge in [0.05, 0.1) is 53.9 Å². The molecule has 0 aliphatic carbocycles. The van der Waals surface area contributed by atoms with Crippen LogP contribution in [0.15, 0.2) is 0 Å². The van der Waals surface area contributed by atoms with E-state index in [1.807, 2.05) is 21.1 Å². The van der Waals surface area contributed by atoms with Crippen molar-refractivity contribution in [3.8, 4) is 37.0 Å². The van der Waals surface area contributed by atoms with Gasteiger partial charge in [-0.3, -0.25) is 24.0 Å². The first-order valence-electron chi connectivity index (χ1n) is 9.44. The number of terminal acetylenes is 3. The summed E-state index contributed by atoms with van der Waals surface area (Å²) in [6.07, 6.45) is 15.7. The quantitative estimate of drug-likeness (QED) is 0.141. The van der Waals surface area contributed by atoms with Crippen LogP contribution in [0.4, 0.5) is 0 Å². The number of amides is 2. The van der Waals surface area contributed by atoms with E-state index in [1.54, 1.807) is 0 Å². The Balaban J connectivity index is 4.76. The Kier molecular flexibility index (Phi) is 13.5. The average Bonchev–Trinajstić information content (AvgIpc) is 2.65. The Bertz CT molecular complexity index is 760. The molecule has 0 spiro atoms. The SMILES string of the molecule is C#CCNCC(=O)N(CC#C)CC(=O)N(CC#C)CCOP(=O)(O)OCC[N+](C)(C)C. The fraction of sp³-hybridized carbons (Fsp3) is 0.600. The smallest absolute Gasteiger partial charge is 0.329 e. The summed E-state index contributed by atoms with van der Waals surface area (Å²) in [5, 5.41) is 2.73. The molecular formula is C20H32N4O6P+. The normalized spacial score (nSPS) is 12.7. The van der Waals surface area contributed by atoms with Crippen LogP contribution in [0, 0.1) is 37.0 Å². The van der Waals surface area contributed by atoms with E-state index in [4.69, 9.17) is 28.3 Å². The second-order valence-electron chi connectivity index (χ2n) is 7.43. The lowest BCUT2D eigenvalue weighted by molar-refractivity contribution is -0.870. The molecule has 0 radical (unpaired) electrons. The van der Waals surface area contributed by atoms with E-state index < -0.39 is 19.6 Å². The molecule has 172 valence electrons. The zero-order chi connectivity index (χ0) is 23.9. The zero-order valence-electron chi connectivity index (χ0n) is 18.4. The van der Waals surface area contributed by atoms with Crippen LogP contribution in [0.2, 0.25) is 0 Å². The molecular weight excluding hydrogens is 423 g/mol. The fourth-order valence-electron chi connectivity index (χ4n) is 2.09. The number of rotatable bonds is 15. The molecule has 0 aromatic heterocycles. The van der Waals surface area contributed by atoms with Gasteiger partial charge in [0, 0.05) is 6.54 Å². The topological polar surface area (TPSA) is 108 Å². The lowest BCUT2D eigenvalue weighted by Gasteiger charge is -2.26. The molecule has 0 rings (SSSR count). The summed E-state index contributed by atoms with van der Waals surface area (Å²) in [7, 11) is 1.47. The summed E-state index contributed by atoms with van der Waals surface area (Å²) >= 11 is 0. The highest BCUT2D eigenvalue weighted by Crippen LogP contribution is 2.42. The van der Waals surface area contributed by atoms with Crippen molar-refractivity contribution in [1.29, 1.82) is 0 Å². The lowest BCUT2D eigenvalue weighted by atomic mass is 10.3. The van der Waals surface area contributed by atoms with E-state index in [0.717, 1.165) is 0 Å². The number of carbonyl (C=O) groups excluding carboxylic acids is 2. The fourth-order valence-corrected chi connectivity index (χ4v) is 2.79. The van der Waals surface area contributed by atoms with Crippen LogP contribution in [0.25, 0.3) is 0 Å². The van der Waals surface area contributed by atoms with Gasteiger partial charge in [-0.25, -0.2) is 4.57 Å². The first-order chi connectivity index (χ1) is 14.5. The number of hydrogen-bond donors (Lipinski definition) is 2. The van der Waals surface area contributed by atoms with Gasteiger partial charge in [-0.1, -0.05) is 17.8 Å². The number of phosphoric acid groups is 1. The number of phosphoric ester groups is 1. The predicted octanol–water partition coefficient (Wildman–Crippen LogP) is -1.03. The number of likely N-dealkylation sites (N-methyl/N-ethyl adjacent to an activating group) is 1. The molecule has 0 saturated heterocycles. The van der Waals surface area contributed by atoms with Crippen molar-refractivity contribution in [3.05, 3.63) is 0 Å². The van der Waals surface area contributed by atoms with Gasteiger partial charge in [0.15, 0.2) is 0 Å². The molecule has 2 N–H and O–H groups in total. The van der Waals surface area contributed by atoms with E-state index in [2.05, 4.69) is 23.1 Å². The minimum atomic E-state index is -4.27. The van der Waals surface area contributed by atoms with Crippen molar-refractivity contribution in [2.45, 2.75) is 0 Å². The summed E-state index contributed by atoms with van der Waals surface area (Å²) in [5.74, 6) is 6.10. The number of nitrogens with zero attached hydrogens (tertiary/aromatic N) is 3. The first kappa shape index (κ1) is 28.6. The van der Waals surface area contributed by atoms with Crippen molar-refractivity contribution >= 4 is 19.6 Å². The van der Waals surface area contributed by atoms with Crippen molar-refractivity contribution in [3.63, 3.8) is 0 Å². The Morgan fingerprint density at radius 3 is 2.13 bits per heavy atom. The maximum Gasteiger partial charge on any atom is 0.472 e. The summed E-state index contributed by atoms with van der Waals surface area (Å²) in [4.78, 5) is 37.0. The van der Waals surface area contributed by atoms with Crippen LogP contribution in [-0.2, 0) is 23.2 Å². The predicted molar refractivity (Wildman–Crippen MR) is 117 cm³/mol. The van der Waals surface area contributed by atoms with Crippen LogP contribution >= 0.6 is 7.82 Å².